The molecule has 2 unspecified atom stereocenters. The van der Waals surface area contributed by atoms with Crippen molar-refractivity contribution in [2.45, 2.75) is 19.3 Å². The Morgan fingerprint density at radius 1 is 1.50 bits per heavy atom. The number of aromatic nitrogens is 1. The maximum absolute atomic E-state index is 4.45. The van der Waals surface area contributed by atoms with Crippen molar-refractivity contribution >= 4 is 6.08 Å². The van der Waals surface area contributed by atoms with E-state index in [-0.39, 0.29) is 0 Å². The predicted octanol–water partition coefficient (Wildman–Crippen LogP) is 2.52. The lowest BCUT2D eigenvalue weighted by molar-refractivity contribution is 0.931. The monoisotopic (exact) mass is 157 g/mol. The van der Waals surface area contributed by atoms with Crippen molar-refractivity contribution in [3.63, 3.8) is 0 Å². The zero-order valence-electron chi connectivity index (χ0n) is 7.12. The van der Waals surface area contributed by atoms with Crippen LogP contribution in [0.2, 0.25) is 0 Å². The van der Waals surface area contributed by atoms with Crippen LogP contribution in [-0.2, 0) is 0 Å². The SMILES string of the molecule is Cc1ccnc2c1C=CC1CC21. The number of rotatable bonds is 0. The Labute approximate surface area is 72.1 Å². The van der Waals surface area contributed by atoms with Gasteiger partial charge in [-0.25, -0.2) is 0 Å². The highest BCUT2D eigenvalue weighted by Gasteiger charge is 2.40. The van der Waals surface area contributed by atoms with Crippen molar-refractivity contribution in [3.05, 3.63) is 35.2 Å². The molecular formula is C11H11N. The third-order valence-electron chi connectivity index (χ3n) is 2.94. The van der Waals surface area contributed by atoms with E-state index < -0.39 is 0 Å². The lowest BCUT2D eigenvalue weighted by Crippen LogP contribution is -1.98. The van der Waals surface area contributed by atoms with Crippen LogP contribution in [0.15, 0.2) is 18.3 Å². The first-order valence-corrected chi connectivity index (χ1v) is 4.50. The highest BCUT2D eigenvalue weighted by Crippen LogP contribution is 2.52. The molecule has 3 rings (SSSR count). The van der Waals surface area contributed by atoms with Crippen molar-refractivity contribution in [2.24, 2.45) is 5.92 Å². The molecular weight excluding hydrogens is 146 g/mol. The number of hydrogen-bond acceptors (Lipinski definition) is 1. The van der Waals surface area contributed by atoms with Crippen LogP contribution >= 0.6 is 0 Å². The number of pyridine rings is 1. The van der Waals surface area contributed by atoms with Gasteiger partial charge in [0.05, 0.1) is 5.69 Å². The van der Waals surface area contributed by atoms with Gasteiger partial charge in [-0.1, -0.05) is 12.2 Å². The van der Waals surface area contributed by atoms with Gasteiger partial charge in [-0.2, -0.15) is 0 Å². The molecule has 1 saturated carbocycles. The highest BCUT2D eigenvalue weighted by molar-refractivity contribution is 5.61. The molecule has 1 heteroatoms. The molecule has 1 nitrogen and oxygen atoms in total. The molecule has 12 heavy (non-hydrogen) atoms. The third kappa shape index (κ3) is 0.711. The molecule has 2 aliphatic carbocycles. The fourth-order valence-corrected chi connectivity index (χ4v) is 2.06. The van der Waals surface area contributed by atoms with Gasteiger partial charge in [0.15, 0.2) is 0 Å². The number of aryl methyl sites for hydroxylation is 1. The molecule has 0 aliphatic heterocycles. The van der Waals surface area contributed by atoms with E-state index in [0.29, 0.717) is 0 Å². The van der Waals surface area contributed by atoms with Crippen molar-refractivity contribution in [1.82, 2.24) is 4.98 Å². The van der Waals surface area contributed by atoms with Crippen molar-refractivity contribution in [2.75, 3.05) is 0 Å². The van der Waals surface area contributed by atoms with Crippen LogP contribution in [0.5, 0.6) is 0 Å². The Morgan fingerprint density at radius 3 is 3.33 bits per heavy atom. The summed E-state index contributed by atoms with van der Waals surface area (Å²) >= 11 is 0. The predicted molar refractivity (Wildman–Crippen MR) is 48.9 cm³/mol. The number of hydrogen-bond donors (Lipinski definition) is 0. The summed E-state index contributed by atoms with van der Waals surface area (Å²) in [5.41, 5.74) is 4.07. The van der Waals surface area contributed by atoms with E-state index >= 15 is 0 Å². The van der Waals surface area contributed by atoms with E-state index in [1.165, 1.54) is 23.2 Å². The van der Waals surface area contributed by atoms with Crippen LogP contribution in [-0.4, -0.2) is 4.98 Å². The molecule has 1 fully saturated rings. The molecule has 60 valence electrons. The van der Waals surface area contributed by atoms with Crippen LogP contribution in [0, 0.1) is 12.8 Å². The summed E-state index contributed by atoms with van der Waals surface area (Å²) in [5.74, 6) is 1.57. The zero-order valence-corrected chi connectivity index (χ0v) is 7.12. The van der Waals surface area contributed by atoms with E-state index in [0.717, 1.165) is 11.8 Å². The Morgan fingerprint density at radius 2 is 2.42 bits per heavy atom. The summed E-state index contributed by atoms with van der Waals surface area (Å²) in [6.45, 7) is 2.16. The highest BCUT2D eigenvalue weighted by atomic mass is 14.7. The van der Waals surface area contributed by atoms with Gasteiger partial charge in [0.2, 0.25) is 0 Å². The first-order valence-electron chi connectivity index (χ1n) is 4.50. The lowest BCUT2D eigenvalue weighted by Gasteiger charge is -2.10. The largest absolute Gasteiger partial charge is 0.260 e. The molecule has 0 saturated heterocycles. The summed E-state index contributed by atoms with van der Waals surface area (Å²) < 4.78 is 0. The van der Waals surface area contributed by atoms with Crippen molar-refractivity contribution in [1.29, 1.82) is 0 Å². The molecule has 0 N–H and O–H groups in total. The number of nitrogens with zero attached hydrogens (tertiary/aromatic N) is 1. The van der Waals surface area contributed by atoms with E-state index in [9.17, 15) is 0 Å². The topological polar surface area (TPSA) is 12.9 Å². The molecule has 0 radical (unpaired) electrons. The molecule has 0 amide bonds. The van der Waals surface area contributed by atoms with E-state index in [2.05, 4.69) is 30.1 Å². The quantitative estimate of drug-likeness (QED) is 0.564. The Hall–Kier alpha value is -1.11. The summed E-state index contributed by atoms with van der Waals surface area (Å²) in [4.78, 5) is 4.45. The zero-order chi connectivity index (χ0) is 8.13. The summed E-state index contributed by atoms with van der Waals surface area (Å²) in [5, 5.41) is 0. The van der Waals surface area contributed by atoms with Crippen LogP contribution in [0.25, 0.3) is 6.08 Å². The van der Waals surface area contributed by atoms with Crippen LogP contribution in [0.1, 0.15) is 29.2 Å². The molecule has 0 aromatic carbocycles. The van der Waals surface area contributed by atoms with Crippen LogP contribution in [0.4, 0.5) is 0 Å². The number of fused-ring (bicyclic) bond motifs is 3. The van der Waals surface area contributed by atoms with Gasteiger partial charge >= 0.3 is 0 Å². The van der Waals surface area contributed by atoms with Gasteiger partial charge in [-0.3, -0.25) is 4.98 Å². The van der Waals surface area contributed by atoms with Gasteiger partial charge in [-0.05, 0) is 36.5 Å². The standard InChI is InChI=1S/C11H11N/c1-7-4-5-12-11-9(7)3-2-8-6-10(8)11/h2-5,8,10H,6H2,1H3. The average Bonchev–Trinajstić information content (AvgIpc) is 2.83. The second kappa shape index (κ2) is 1.98. The van der Waals surface area contributed by atoms with Crippen molar-refractivity contribution in [3.8, 4) is 0 Å². The van der Waals surface area contributed by atoms with Crippen molar-refractivity contribution < 1.29 is 0 Å². The van der Waals surface area contributed by atoms with E-state index in [1.807, 2.05) is 6.20 Å². The Balaban J connectivity index is 2.26. The molecule has 1 heterocycles. The second-order valence-corrected chi connectivity index (χ2v) is 3.79. The van der Waals surface area contributed by atoms with Gasteiger partial charge in [0.25, 0.3) is 0 Å². The summed E-state index contributed by atoms with van der Waals surface area (Å²) in [6.07, 6.45) is 7.83. The molecule has 0 spiro atoms. The first-order chi connectivity index (χ1) is 5.86. The minimum Gasteiger partial charge on any atom is -0.260 e. The number of allylic oxidation sites excluding steroid dienone is 1. The molecule has 2 atom stereocenters. The second-order valence-electron chi connectivity index (χ2n) is 3.79. The van der Waals surface area contributed by atoms with E-state index in [1.54, 1.807) is 0 Å². The fraction of sp³-hybridized carbons (Fsp3) is 0.364. The Bertz CT molecular complexity index is 365. The van der Waals surface area contributed by atoms with Crippen LogP contribution < -0.4 is 0 Å². The van der Waals surface area contributed by atoms with Gasteiger partial charge in [0.1, 0.15) is 0 Å². The maximum atomic E-state index is 4.45. The molecule has 1 aromatic heterocycles. The van der Waals surface area contributed by atoms with Crippen LogP contribution in [0.3, 0.4) is 0 Å². The molecule has 0 bridgehead atoms. The summed E-state index contributed by atoms with van der Waals surface area (Å²) in [6, 6.07) is 2.09. The lowest BCUT2D eigenvalue weighted by atomic mass is 9.99. The smallest absolute Gasteiger partial charge is 0.0515 e. The van der Waals surface area contributed by atoms with E-state index in [4.69, 9.17) is 0 Å². The average molecular weight is 157 g/mol. The van der Waals surface area contributed by atoms with Gasteiger partial charge < -0.3 is 0 Å². The maximum Gasteiger partial charge on any atom is 0.0515 e. The third-order valence-corrected chi connectivity index (χ3v) is 2.94. The minimum absolute atomic E-state index is 0.755. The van der Waals surface area contributed by atoms with Gasteiger partial charge in [0, 0.05) is 12.1 Å². The molecule has 1 aromatic rings. The normalized spacial score (nSPS) is 29.4. The first kappa shape index (κ1) is 6.41. The fourth-order valence-electron chi connectivity index (χ4n) is 2.06. The molecule has 2 aliphatic rings. The minimum atomic E-state index is 0.755. The Kier molecular flexibility index (Phi) is 1.06. The van der Waals surface area contributed by atoms with Gasteiger partial charge in [-0.15, -0.1) is 0 Å². The summed E-state index contributed by atoms with van der Waals surface area (Å²) in [7, 11) is 0.